The fourth-order valence-corrected chi connectivity index (χ4v) is 5.08. The van der Waals surface area contributed by atoms with E-state index in [4.69, 9.17) is 23.2 Å². The summed E-state index contributed by atoms with van der Waals surface area (Å²) >= 11 is 12.3. The van der Waals surface area contributed by atoms with E-state index in [1.54, 1.807) is 36.4 Å². The second-order valence-corrected chi connectivity index (χ2v) is 10.7. The van der Waals surface area contributed by atoms with Gasteiger partial charge < -0.3 is 20.6 Å². The van der Waals surface area contributed by atoms with Gasteiger partial charge in [-0.05, 0) is 73.7 Å². The van der Waals surface area contributed by atoms with Crippen molar-refractivity contribution in [2.45, 2.75) is 51.7 Å². The molecule has 6 nitrogen and oxygen atoms in total. The zero-order chi connectivity index (χ0) is 28.9. The van der Waals surface area contributed by atoms with Crippen molar-refractivity contribution >= 4 is 35.0 Å². The smallest absolute Gasteiger partial charge is 0.253 e. The summed E-state index contributed by atoms with van der Waals surface area (Å²) in [5.74, 6) is -0.413. The standard InChI is InChI=1S/C32H39Cl2N3O3/c1-3-17-37(18-4-2)32(40)26-12-8-11-25(20-26)31(39)36-29(19-23-9-6-5-7-10-23)30(38)22-35-16-15-24-13-14-27(33)21-28(24)34/h5-14,20-21,29-30,35,38H,3-4,15-19,22H2,1-2H3,(H,36,39)/t29-,30+/m0/s1. The van der Waals surface area contributed by atoms with Crippen molar-refractivity contribution in [2.24, 2.45) is 0 Å². The van der Waals surface area contributed by atoms with Crippen LogP contribution in [0.3, 0.4) is 0 Å². The molecule has 2 atom stereocenters. The largest absolute Gasteiger partial charge is 0.390 e. The number of aliphatic hydroxyl groups is 1. The SMILES string of the molecule is CCCN(CCC)C(=O)c1cccc(C(=O)N[C@@H](Cc2ccccc2)[C@H](O)CNCCc2ccc(Cl)cc2Cl)c1. The first kappa shape index (κ1) is 31.6. The number of rotatable bonds is 15. The monoisotopic (exact) mass is 583 g/mol. The van der Waals surface area contributed by atoms with Crippen molar-refractivity contribution in [2.75, 3.05) is 26.2 Å². The Balaban J connectivity index is 1.67. The summed E-state index contributed by atoms with van der Waals surface area (Å²) in [6.07, 6.45) is 2.01. The summed E-state index contributed by atoms with van der Waals surface area (Å²) in [5.41, 5.74) is 2.83. The molecule has 0 aliphatic rings. The van der Waals surface area contributed by atoms with Gasteiger partial charge in [0.2, 0.25) is 0 Å². The number of aliphatic hydroxyl groups excluding tert-OH is 1. The Morgan fingerprint density at radius 3 is 2.27 bits per heavy atom. The molecule has 3 rings (SSSR count). The van der Waals surface area contributed by atoms with Gasteiger partial charge in [0.25, 0.3) is 11.8 Å². The molecular weight excluding hydrogens is 545 g/mol. The average molecular weight is 585 g/mol. The molecule has 0 saturated heterocycles. The molecule has 3 N–H and O–H groups in total. The molecule has 40 heavy (non-hydrogen) atoms. The third-order valence-corrected chi connectivity index (χ3v) is 7.25. The first-order valence-corrected chi connectivity index (χ1v) is 14.6. The van der Waals surface area contributed by atoms with E-state index in [0.29, 0.717) is 53.6 Å². The summed E-state index contributed by atoms with van der Waals surface area (Å²) in [4.78, 5) is 28.2. The predicted molar refractivity (Wildman–Crippen MR) is 163 cm³/mol. The van der Waals surface area contributed by atoms with Crippen LogP contribution in [0.1, 0.15) is 58.5 Å². The highest BCUT2D eigenvalue weighted by Gasteiger charge is 2.23. The highest BCUT2D eigenvalue weighted by molar-refractivity contribution is 6.35. The minimum Gasteiger partial charge on any atom is -0.390 e. The Morgan fingerprint density at radius 1 is 0.900 bits per heavy atom. The number of hydrogen-bond donors (Lipinski definition) is 3. The van der Waals surface area contributed by atoms with Crippen LogP contribution in [0.5, 0.6) is 0 Å². The Hall–Kier alpha value is -2.90. The van der Waals surface area contributed by atoms with Crippen LogP contribution in [0.25, 0.3) is 0 Å². The van der Waals surface area contributed by atoms with Crippen LogP contribution in [0.15, 0.2) is 72.8 Å². The molecule has 3 aromatic rings. The lowest BCUT2D eigenvalue weighted by molar-refractivity contribution is 0.0755. The van der Waals surface area contributed by atoms with E-state index in [2.05, 4.69) is 10.6 Å². The van der Waals surface area contributed by atoms with Gasteiger partial charge in [-0.1, -0.05) is 79.5 Å². The van der Waals surface area contributed by atoms with Crippen molar-refractivity contribution in [1.82, 2.24) is 15.5 Å². The van der Waals surface area contributed by atoms with Crippen molar-refractivity contribution in [3.8, 4) is 0 Å². The highest BCUT2D eigenvalue weighted by atomic mass is 35.5. The Morgan fingerprint density at radius 2 is 1.60 bits per heavy atom. The van der Waals surface area contributed by atoms with Crippen LogP contribution in [0.4, 0.5) is 0 Å². The Kier molecular flexibility index (Phi) is 13.0. The Labute approximate surface area is 247 Å². The maximum absolute atomic E-state index is 13.3. The molecule has 0 unspecified atom stereocenters. The first-order valence-electron chi connectivity index (χ1n) is 13.9. The van der Waals surface area contributed by atoms with Gasteiger partial charge in [0.1, 0.15) is 0 Å². The number of carbonyl (C=O) groups excluding carboxylic acids is 2. The van der Waals surface area contributed by atoms with Crippen LogP contribution < -0.4 is 10.6 Å². The summed E-state index contributed by atoms with van der Waals surface area (Å²) in [7, 11) is 0. The molecular formula is C32H39Cl2N3O3. The molecule has 0 aliphatic carbocycles. The van der Waals surface area contributed by atoms with Crippen LogP contribution in [0, 0.1) is 0 Å². The minimum absolute atomic E-state index is 0.0794. The summed E-state index contributed by atoms with van der Waals surface area (Å²) in [6, 6.07) is 21.4. The number of carbonyl (C=O) groups is 2. The van der Waals surface area contributed by atoms with Gasteiger partial charge in [-0.2, -0.15) is 0 Å². The molecule has 0 aliphatic heterocycles. The van der Waals surface area contributed by atoms with Crippen LogP contribution >= 0.6 is 23.2 Å². The van der Waals surface area contributed by atoms with E-state index >= 15 is 0 Å². The molecule has 0 bridgehead atoms. The zero-order valence-electron chi connectivity index (χ0n) is 23.2. The van der Waals surface area contributed by atoms with E-state index in [9.17, 15) is 14.7 Å². The van der Waals surface area contributed by atoms with Crippen LogP contribution in [0.2, 0.25) is 10.0 Å². The second-order valence-electron chi connectivity index (χ2n) is 9.90. The van der Waals surface area contributed by atoms with Gasteiger partial charge in [0.15, 0.2) is 0 Å². The number of halogens is 2. The first-order chi connectivity index (χ1) is 19.3. The average Bonchev–Trinajstić information content (AvgIpc) is 2.96. The van der Waals surface area contributed by atoms with Gasteiger partial charge in [0.05, 0.1) is 12.1 Å². The number of amides is 2. The molecule has 2 amide bonds. The number of nitrogens with zero attached hydrogens (tertiary/aromatic N) is 1. The van der Waals surface area contributed by atoms with E-state index in [-0.39, 0.29) is 18.4 Å². The summed E-state index contributed by atoms with van der Waals surface area (Å²) < 4.78 is 0. The number of nitrogens with one attached hydrogen (secondary N) is 2. The molecule has 0 aromatic heterocycles. The topological polar surface area (TPSA) is 81.7 Å². The second kappa shape index (κ2) is 16.4. The molecule has 0 fully saturated rings. The van der Waals surface area contributed by atoms with E-state index in [0.717, 1.165) is 24.0 Å². The third-order valence-electron chi connectivity index (χ3n) is 6.67. The van der Waals surface area contributed by atoms with Gasteiger partial charge in [-0.25, -0.2) is 0 Å². The van der Waals surface area contributed by atoms with E-state index in [1.165, 1.54) is 0 Å². The Bertz CT molecular complexity index is 1230. The maximum atomic E-state index is 13.3. The van der Waals surface area contributed by atoms with Crippen molar-refractivity contribution < 1.29 is 14.7 Å². The van der Waals surface area contributed by atoms with Crippen molar-refractivity contribution in [3.63, 3.8) is 0 Å². The highest BCUT2D eigenvalue weighted by Crippen LogP contribution is 2.21. The van der Waals surface area contributed by atoms with Gasteiger partial charge in [-0.15, -0.1) is 0 Å². The van der Waals surface area contributed by atoms with Crippen LogP contribution in [-0.2, 0) is 12.8 Å². The summed E-state index contributed by atoms with van der Waals surface area (Å²) in [6.45, 7) is 6.31. The molecule has 3 aromatic carbocycles. The molecule has 8 heteroatoms. The van der Waals surface area contributed by atoms with Crippen LogP contribution in [-0.4, -0.2) is 60.1 Å². The van der Waals surface area contributed by atoms with Gasteiger partial charge in [0, 0.05) is 40.8 Å². The number of benzene rings is 3. The molecule has 0 spiro atoms. The zero-order valence-corrected chi connectivity index (χ0v) is 24.7. The molecule has 0 heterocycles. The lowest BCUT2D eigenvalue weighted by Gasteiger charge is -2.25. The minimum atomic E-state index is -0.848. The fraction of sp³-hybridized carbons (Fsp3) is 0.375. The molecule has 0 radical (unpaired) electrons. The van der Waals surface area contributed by atoms with Crippen molar-refractivity contribution in [3.05, 3.63) is 105 Å². The quantitative estimate of drug-likeness (QED) is 0.198. The van der Waals surface area contributed by atoms with Crippen molar-refractivity contribution in [1.29, 1.82) is 0 Å². The maximum Gasteiger partial charge on any atom is 0.253 e. The summed E-state index contributed by atoms with van der Waals surface area (Å²) in [5, 5.41) is 18.6. The molecule has 214 valence electrons. The normalized spacial score (nSPS) is 12.5. The lowest BCUT2D eigenvalue weighted by atomic mass is 10.00. The fourth-order valence-electron chi connectivity index (χ4n) is 4.57. The lowest BCUT2D eigenvalue weighted by Crippen LogP contribution is -2.49. The van der Waals surface area contributed by atoms with Gasteiger partial charge >= 0.3 is 0 Å². The molecule has 0 saturated carbocycles. The predicted octanol–water partition coefficient (Wildman–Crippen LogP) is 5.79. The third kappa shape index (κ3) is 9.63. The number of hydrogen-bond acceptors (Lipinski definition) is 4. The van der Waals surface area contributed by atoms with Gasteiger partial charge in [-0.3, -0.25) is 9.59 Å². The van der Waals surface area contributed by atoms with E-state index in [1.807, 2.05) is 55.1 Å². The van der Waals surface area contributed by atoms with E-state index < -0.39 is 12.1 Å².